The van der Waals surface area contributed by atoms with E-state index in [9.17, 15) is 0 Å². The van der Waals surface area contributed by atoms with Crippen LogP contribution in [0.4, 0.5) is 0 Å². The highest BCUT2D eigenvalue weighted by Gasteiger charge is 2.43. The van der Waals surface area contributed by atoms with Crippen LogP contribution in [-0.4, -0.2) is 4.98 Å². The molecule has 280 valence electrons. The molecule has 0 N–H and O–H groups in total. The summed E-state index contributed by atoms with van der Waals surface area (Å²) in [5, 5.41) is 2.18. The van der Waals surface area contributed by atoms with Crippen molar-refractivity contribution in [2.24, 2.45) is 0 Å². The predicted molar refractivity (Wildman–Crippen MR) is 229 cm³/mol. The zero-order valence-electron chi connectivity index (χ0n) is 33.9. The van der Waals surface area contributed by atoms with Crippen LogP contribution in [0.1, 0.15) is 113 Å². The standard InChI is InChI=1S/C52H53N3O/c1-30-16-19-39-42(24-30)43-27-36(7)54-29-44(37-14-9-8-10-15-37)34(5)26-48(54)50-38(18-23-46(43)55-28-35(6)33(4)25-47(39)55)17-20-40-41-21-22-45(53-52(41)56-51(40)50)49-31(2)12-11-13-32(49)3/h11-13,16-17,19-22,24-26,28-29,37,43,46H,7-10,14-15,18,23,27H2,1-6H3/q+2. The molecule has 6 heterocycles. The van der Waals surface area contributed by atoms with Gasteiger partial charge in [0, 0.05) is 58.0 Å². The smallest absolute Gasteiger partial charge is 0.227 e. The second kappa shape index (κ2) is 13.4. The fourth-order valence-electron chi connectivity index (χ4n) is 10.7. The Labute approximate surface area is 331 Å². The van der Waals surface area contributed by atoms with Crippen molar-refractivity contribution in [3.05, 3.63) is 142 Å². The largest absolute Gasteiger partial charge is 0.437 e. The lowest BCUT2D eigenvalue weighted by molar-refractivity contribution is -0.719. The molecule has 4 heteroatoms. The van der Waals surface area contributed by atoms with Crippen LogP contribution in [0.3, 0.4) is 0 Å². The first-order valence-electron chi connectivity index (χ1n) is 20.9. The third-order valence-electron chi connectivity index (χ3n) is 13.8. The Morgan fingerprint density at radius 1 is 0.679 bits per heavy atom. The first kappa shape index (κ1) is 35.1. The Morgan fingerprint density at radius 3 is 2.25 bits per heavy atom. The van der Waals surface area contributed by atoms with Gasteiger partial charge < -0.3 is 4.42 Å². The third-order valence-corrected chi connectivity index (χ3v) is 13.8. The predicted octanol–water partition coefficient (Wildman–Crippen LogP) is 12.6. The van der Waals surface area contributed by atoms with E-state index in [1.807, 2.05) is 0 Å². The number of rotatable bonds is 2. The molecule has 2 aliphatic heterocycles. The van der Waals surface area contributed by atoms with Crippen molar-refractivity contribution < 1.29 is 13.6 Å². The van der Waals surface area contributed by atoms with Crippen LogP contribution in [0.25, 0.3) is 61.5 Å². The molecule has 1 aliphatic carbocycles. The molecule has 3 aliphatic rings. The molecule has 0 saturated heterocycles. The molecule has 1 fully saturated rings. The highest BCUT2D eigenvalue weighted by Crippen LogP contribution is 2.47. The number of allylic oxidation sites excluding steroid dienone is 1. The summed E-state index contributed by atoms with van der Waals surface area (Å²) < 4.78 is 12.1. The molecule has 3 aromatic carbocycles. The van der Waals surface area contributed by atoms with E-state index in [-0.39, 0.29) is 6.04 Å². The topological polar surface area (TPSA) is 33.8 Å². The van der Waals surface area contributed by atoms with Crippen LogP contribution < -0.4 is 9.13 Å². The Bertz CT molecular complexity index is 2740. The second-order valence-electron chi connectivity index (χ2n) is 17.4. The zero-order chi connectivity index (χ0) is 38.4. The quantitative estimate of drug-likeness (QED) is 0.166. The molecule has 0 bridgehead atoms. The summed E-state index contributed by atoms with van der Waals surface area (Å²) in [5.41, 5.74) is 22.0. The first-order valence-corrected chi connectivity index (χ1v) is 20.9. The minimum atomic E-state index is 0.279. The molecular formula is C52H53N3O+2. The SMILES string of the molecule is C=C1CC2c3cc(C)ccc3-c3cc(C)c(C)c[n+]3C2CCc2ccc3c(oc4nc(-c5c(C)cccc5C)ccc43)c2-c2cc(C)c(C3CCCCC3)c[n+]21. The molecule has 1 saturated carbocycles. The molecule has 0 amide bonds. The minimum absolute atomic E-state index is 0.279. The number of aromatic nitrogens is 3. The van der Waals surface area contributed by atoms with Gasteiger partial charge in [-0.25, -0.2) is 4.98 Å². The number of hydrogen-bond acceptors (Lipinski definition) is 2. The van der Waals surface area contributed by atoms with Crippen molar-refractivity contribution in [1.29, 1.82) is 0 Å². The summed E-state index contributed by atoms with van der Waals surface area (Å²) in [6, 6.07) is 27.8. The van der Waals surface area contributed by atoms with E-state index < -0.39 is 0 Å². The van der Waals surface area contributed by atoms with Gasteiger partial charge in [0.25, 0.3) is 0 Å². The number of hydrogen-bond donors (Lipinski definition) is 0. The lowest BCUT2D eigenvalue weighted by Gasteiger charge is -2.32. The van der Waals surface area contributed by atoms with Crippen molar-refractivity contribution in [3.8, 4) is 33.8 Å². The van der Waals surface area contributed by atoms with Crippen molar-refractivity contribution in [1.82, 2.24) is 4.98 Å². The lowest BCUT2D eigenvalue weighted by atomic mass is 9.76. The van der Waals surface area contributed by atoms with Gasteiger partial charge in [-0.15, -0.1) is 0 Å². The molecular weight excluding hydrogens is 683 g/mol. The Morgan fingerprint density at radius 2 is 1.45 bits per heavy atom. The van der Waals surface area contributed by atoms with Gasteiger partial charge in [-0.3, -0.25) is 0 Å². The summed E-state index contributed by atoms with van der Waals surface area (Å²) >= 11 is 0. The average molecular weight is 736 g/mol. The van der Waals surface area contributed by atoms with Crippen molar-refractivity contribution in [2.75, 3.05) is 0 Å². The fraction of sp³-hybridized carbons (Fsp3) is 0.327. The highest BCUT2D eigenvalue weighted by molar-refractivity contribution is 6.09. The second-order valence-corrected chi connectivity index (χ2v) is 17.4. The zero-order valence-corrected chi connectivity index (χ0v) is 33.9. The molecule has 4 aromatic heterocycles. The number of nitrogens with zero attached hydrogens (tertiary/aromatic N) is 3. The number of pyridine rings is 3. The summed E-state index contributed by atoms with van der Waals surface area (Å²) in [7, 11) is 0. The van der Waals surface area contributed by atoms with E-state index in [0.29, 0.717) is 17.5 Å². The highest BCUT2D eigenvalue weighted by atomic mass is 16.3. The van der Waals surface area contributed by atoms with Gasteiger partial charge in [0.1, 0.15) is 0 Å². The summed E-state index contributed by atoms with van der Waals surface area (Å²) in [6.07, 6.45) is 14.2. The first-order chi connectivity index (χ1) is 27.1. The van der Waals surface area contributed by atoms with E-state index >= 15 is 0 Å². The van der Waals surface area contributed by atoms with Gasteiger partial charge >= 0.3 is 0 Å². The minimum Gasteiger partial charge on any atom is -0.437 e. The van der Waals surface area contributed by atoms with Gasteiger partial charge in [-0.1, -0.05) is 67.3 Å². The Kier molecular flexibility index (Phi) is 8.40. The maximum atomic E-state index is 7.03. The van der Waals surface area contributed by atoms with E-state index in [0.717, 1.165) is 47.0 Å². The third kappa shape index (κ3) is 5.58. The lowest BCUT2D eigenvalue weighted by Crippen LogP contribution is -2.49. The molecule has 56 heavy (non-hydrogen) atoms. The van der Waals surface area contributed by atoms with E-state index in [1.54, 1.807) is 0 Å². The van der Waals surface area contributed by atoms with Crippen LogP contribution in [0.2, 0.25) is 0 Å². The molecule has 7 aromatic rings. The van der Waals surface area contributed by atoms with Crippen molar-refractivity contribution in [2.45, 2.75) is 111 Å². The fourth-order valence-corrected chi connectivity index (χ4v) is 10.7. The van der Waals surface area contributed by atoms with Crippen LogP contribution >= 0.6 is 0 Å². The number of aryl methyl sites for hydroxylation is 7. The molecule has 10 rings (SSSR count). The maximum Gasteiger partial charge on any atom is 0.227 e. The normalized spacial score (nSPS) is 18.3. The van der Waals surface area contributed by atoms with Gasteiger partial charge in [0.2, 0.25) is 17.1 Å². The van der Waals surface area contributed by atoms with E-state index in [2.05, 4.69) is 136 Å². The van der Waals surface area contributed by atoms with Crippen LogP contribution in [-0.2, 0) is 6.42 Å². The molecule has 2 unspecified atom stereocenters. The maximum absolute atomic E-state index is 7.03. The molecule has 2 atom stereocenters. The summed E-state index contributed by atoms with van der Waals surface area (Å²) in [6.45, 7) is 18.4. The number of benzene rings is 3. The van der Waals surface area contributed by atoms with Crippen molar-refractivity contribution in [3.63, 3.8) is 0 Å². The molecule has 0 spiro atoms. The summed E-state index contributed by atoms with van der Waals surface area (Å²) in [5.74, 6) is 0.874. The van der Waals surface area contributed by atoms with E-state index in [1.165, 1.54) is 110 Å². The van der Waals surface area contributed by atoms with Crippen LogP contribution in [0.5, 0.6) is 0 Å². The van der Waals surface area contributed by atoms with Crippen molar-refractivity contribution >= 4 is 27.8 Å². The molecule has 4 nitrogen and oxygen atoms in total. The molecule has 0 radical (unpaired) electrons. The van der Waals surface area contributed by atoms with Gasteiger partial charge in [0.15, 0.2) is 29.7 Å². The Balaban J connectivity index is 1.21. The summed E-state index contributed by atoms with van der Waals surface area (Å²) in [4.78, 5) is 5.22. The van der Waals surface area contributed by atoms with Gasteiger partial charge in [-0.2, -0.15) is 9.13 Å². The number of furan rings is 1. The monoisotopic (exact) mass is 735 g/mol. The Hall–Kier alpha value is -5.35. The average Bonchev–Trinajstić information content (AvgIpc) is 3.56. The number of fused-ring (bicyclic) bond motifs is 13. The van der Waals surface area contributed by atoms with Crippen LogP contribution in [0.15, 0.2) is 96.2 Å². The van der Waals surface area contributed by atoms with Gasteiger partial charge in [0.05, 0.1) is 17.2 Å². The van der Waals surface area contributed by atoms with E-state index in [4.69, 9.17) is 16.0 Å². The van der Waals surface area contributed by atoms with Gasteiger partial charge in [-0.05, 0) is 125 Å². The van der Waals surface area contributed by atoms with Crippen LogP contribution in [0, 0.1) is 41.5 Å².